The molecule has 1 aromatic heterocycles. The number of hydrogen-bond donors (Lipinski definition) is 2. The summed E-state index contributed by atoms with van der Waals surface area (Å²) < 4.78 is 5.17. The van der Waals surface area contributed by atoms with Gasteiger partial charge in [-0.25, -0.2) is 9.78 Å². The molecule has 2 N–H and O–H groups in total. The van der Waals surface area contributed by atoms with Crippen molar-refractivity contribution in [1.82, 2.24) is 15.2 Å². The highest BCUT2D eigenvalue weighted by Gasteiger charge is 2.17. The summed E-state index contributed by atoms with van der Waals surface area (Å²) in [6, 6.07) is 3.15. The van der Waals surface area contributed by atoms with Crippen molar-refractivity contribution in [2.45, 2.75) is 0 Å². The normalized spacial score (nSPS) is 15.0. The third-order valence-electron chi connectivity index (χ3n) is 2.52. The van der Waals surface area contributed by atoms with Crippen LogP contribution in [-0.2, 0) is 4.79 Å². The molecular formula is C11H14N4O3. The van der Waals surface area contributed by atoms with Gasteiger partial charge in [0.2, 0.25) is 6.41 Å². The minimum atomic E-state index is -0.380. The predicted molar refractivity (Wildman–Crippen MR) is 64.4 cm³/mol. The molecule has 7 nitrogen and oxygen atoms in total. The van der Waals surface area contributed by atoms with Gasteiger partial charge in [0.25, 0.3) is 0 Å². The Kier molecular flexibility index (Phi) is 4.08. The van der Waals surface area contributed by atoms with Crippen molar-refractivity contribution in [2.24, 2.45) is 0 Å². The number of nitrogens with one attached hydrogen (secondary N) is 2. The molecule has 0 spiro atoms. The van der Waals surface area contributed by atoms with Crippen LogP contribution in [0.1, 0.15) is 0 Å². The maximum Gasteiger partial charge on any atom is 0.415 e. The number of nitrogens with zero attached hydrogens (tertiary/aromatic N) is 2. The van der Waals surface area contributed by atoms with E-state index in [-0.39, 0.29) is 6.09 Å². The second kappa shape index (κ2) is 5.97. The molecule has 1 saturated heterocycles. The molecule has 0 atom stereocenters. The molecule has 0 aliphatic carbocycles. The van der Waals surface area contributed by atoms with Gasteiger partial charge in [0.05, 0.1) is 6.20 Å². The van der Waals surface area contributed by atoms with E-state index < -0.39 is 0 Å². The fourth-order valence-corrected chi connectivity index (χ4v) is 1.60. The third-order valence-corrected chi connectivity index (χ3v) is 2.52. The van der Waals surface area contributed by atoms with Crippen molar-refractivity contribution >= 4 is 18.3 Å². The minimum absolute atomic E-state index is 0.356. The highest BCUT2D eigenvalue weighted by atomic mass is 16.6. The number of carbonyl (C=O) groups excluding carboxylic acids is 2. The fourth-order valence-electron chi connectivity index (χ4n) is 1.60. The van der Waals surface area contributed by atoms with E-state index >= 15 is 0 Å². The summed E-state index contributed by atoms with van der Waals surface area (Å²) in [5.41, 5.74) is 0. The van der Waals surface area contributed by atoms with Crippen molar-refractivity contribution in [3.05, 3.63) is 18.3 Å². The molecule has 7 heteroatoms. The molecular weight excluding hydrogens is 236 g/mol. The number of aromatic nitrogens is 1. The molecule has 1 aromatic rings. The van der Waals surface area contributed by atoms with Gasteiger partial charge in [-0.2, -0.15) is 0 Å². The molecule has 1 aliphatic rings. The van der Waals surface area contributed by atoms with Crippen LogP contribution in [0.15, 0.2) is 18.3 Å². The zero-order valence-corrected chi connectivity index (χ0v) is 9.76. The first kappa shape index (κ1) is 12.3. The minimum Gasteiger partial charge on any atom is -0.409 e. The number of piperazine rings is 1. The summed E-state index contributed by atoms with van der Waals surface area (Å²) in [7, 11) is 0. The first-order valence-electron chi connectivity index (χ1n) is 5.63. The topological polar surface area (TPSA) is 83.6 Å². The van der Waals surface area contributed by atoms with Gasteiger partial charge in [0.15, 0.2) is 5.75 Å². The quantitative estimate of drug-likeness (QED) is 0.741. The molecule has 1 fully saturated rings. The molecule has 0 radical (unpaired) electrons. The second-order valence-electron chi connectivity index (χ2n) is 3.75. The SMILES string of the molecule is O=CNc1ccc(OC(=O)N2CCNCC2)cn1. The summed E-state index contributed by atoms with van der Waals surface area (Å²) in [5, 5.41) is 5.55. The van der Waals surface area contributed by atoms with Crippen LogP contribution in [0.5, 0.6) is 5.75 Å². The molecule has 2 amide bonds. The van der Waals surface area contributed by atoms with Crippen molar-refractivity contribution < 1.29 is 14.3 Å². The predicted octanol–water partition coefficient (Wildman–Crippen LogP) is 0.0539. The van der Waals surface area contributed by atoms with E-state index in [9.17, 15) is 9.59 Å². The van der Waals surface area contributed by atoms with Crippen LogP contribution in [0.2, 0.25) is 0 Å². The lowest BCUT2D eigenvalue weighted by Gasteiger charge is -2.26. The van der Waals surface area contributed by atoms with Gasteiger partial charge in [-0.1, -0.05) is 0 Å². The van der Waals surface area contributed by atoms with Gasteiger partial charge >= 0.3 is 6.09 Å². The van der Waals surface area contributed by atoms with Crippen LogP contribution >= 0.6 is 0 Å². The van der Waals surface area contributed by atoms with Gasteiger partial charge in [0.1, 0.15) is 5.82 Å². The zero-order chi connectivity index (χ0) is 12.8. The lowest BCUT2D eigenvalue weighted by atomic mass is 10.4. The number of pyridine rings is 1. The first-order valence-corrected chi connectivity index (χ1v) is 5.63. The number of anilines is 1. The third kappa shape index (κ3) is 3.17. The first-order chi connectivity index (χ1) is 8.79. The number of rotatable bonds is 3. The van der Waals surface area contributed by atoms with Crippen molar-refractivity contribution in [3.8, 4) is 5.75 Å². The van der Waals surface area contributed by atoms with E-state index in [0.717, 1.165) is 13.1 Å². The second-order valence-corrected chi connectivity index (χ2v) is 3.75. The molecule has 0 unspecified atom stereocenters. The molecule has 0 bridgehead atoms. The zero-order valence-electron chi connectivity index (χ0n) is 9.76. The average molecular weight is 250 g/mol. The summed E-state index contributed by atoms with van der Waals surface area (Å²) in [4.78, 5) is 27.5. The highest BCUT2D eigenvalue weighted by molar-refractivity contribution is 5.71. The molecule has 2 rings (SSSR count). The van der Waals surface area contributed by atoms with Crippen molar-refractivity contribution in [3.63, 3.8) is 0 Å². The van der Waals surface area contributed by atoms with Crippen LogP contribution in [0.3, 0.4) is 0 Å². The van der Waals surface area contributed by atoms with Gasteiger partial charge < -0.3 is 20.3 Å². The van der Waals surface area contributed by atoms with Crippen molar-refractivity contribution in [1.29, 1.82) is 0 Å². The van der Waals surface area contributed by atoms with Gasteiger partial charge in [-0.15, -0.1) is 0 Å². The van der Waals surface area contributed by atoms with Gasteiger partial charge in [-0.05, 0) is 12.1 Å². The highest BCUT2D eigenvalue weighted by Crippen LogP contribution is 2.13. The summed E-state index contributed by atoms with van der Waals surface area (Å²) in [5.74, 6) is 0.766. The number of amides is 2. The Morgan fingerprint density at radius 2 is 2.22 bits per heavy atom. The van der Waals surface area contributed by atoms with E-state index in [0.29, 0.717) is 31.1 Å². The fraction of sp³-hybridized carbons (Fsp3) is 0.364. The number of carbonyl (C=O) groups is 2. The monoisotopic (exact) mass is 250 g/mol. The average Bonchev–Trinajstić information content (AvgIpc) is 2.42. The summed E-state index contributed by atoms with van der Waals surface area (Å²) >= 11 is 0. The van der Waals surface area contributed by atoms with Gasteiger partial charge in [0, 0.05) is 26.2 Å². The Bertz CT molecular complexity index is 415. The van der Waals surface area contributed by atoms with E-state index in [1.807, 2.05) is 0 Å². The van der Waals surface area contributed by atoms with Gasteiger partial charge in [-0.3, -0.25) is 4.79 Å². The molecule has 1 aliphatic heterocycles. The van der Waals surface area contributed by atoms with E-state index in [1.54, 1.807) is 17.0 Å². The van der Waals surface area contributed by atoms with Crippen LogP contribution in [0.25, 0.3) is 0 Å². The summed E-state index contributed by atoms with van der Waals surface area (Å²) in [6.07, 6.45) is 1.55. The van der Waals surface area contributed by atoms with Crippen LogP contribution in [0, 0.1) is 0 Å². The van der Waals surface area contributed by atoms with Crippen LogP contribution < -0.4 is 15.4 Å². The number of ether oxygens (including phenoxy) is 1. The van der Waals surface area contributed by atoms with E-state index in [4.69, 9.17) is 4.74 Å². The maximum atomic E-state index is 11.8. The van der Waals surface area contributed by atoms with Crippen LogP contribution in [0.4, 0.5) is 10.6 Å². The number of hydrogen-bond acceptors (Lipinski definition) is 5. The van der Waals surface area contributed by atoms with Crippen LogP contribution in [-0.4, -0.2) is 48.6 Å². The smallest absolute Gasteiger partial charge is 0.409 e. The van der Waals surface area contributed by atoms with E-state index in [2.05, 4.69) is 15.6 Å². The largest absolute Gasteiger partial charge is 0.415 e. The molecule has 96 valence electrons. The summed E-state index contributed by atoms with van der Waals surface area (Å²) in [6.45, 7) is 2.82. The van der Waals surface area contributed by atoms with E-state index in [1.165, 1.54) is 6.20 Å². The Hall–Kier alpha value is -2.15. The lowest BCUT2D eigenvalue weighted by molar-refractivity contribution is -0.105. The Labute approximate surface area is 104 Å². The lowest BCUT2D eigenvalue weighted by Crippen LogP contribution is -2.47. The molecule has 18 heavy (non-hydrogen) atoms. The molecule has 2 heterocycles. The molecule has 0 aromatic carbocycles. The Morgan fingerprint density at radius 3 is 2.83 bits per heavy atom. The Balaban J connectivity index is 1.91. The maximum absolute atomic E-state index is 11.8. The van der Waals surface area contributed by atoms with Crippen molar-refractivity contribution in [2.75, 3.05) is 31.5 Å². The molecule has 0 saturated carbocycles. The standard InChI is InChI=1S/C11H14N4O3/c16-8-14-10-2-1-9(7-13-10)18-11(17)15-5-3-12-4-6-15/h1-2,7-8,12H,3-6H2,(H,13,14,16). The Morgan fingerprint density at radius 1 is 1.44 bits per heavy atom.